The van der Waals surface area contributed by atoms with E-state index in [9.17, 15) is 0 Å². The average Bonchev–Trinajstić information content (AvgIpc) is 2.98. The van der Waals surface area contributed by atoms with Crippen LogP contribution in [0.1, 0.15) is 49.9 Å². The lowest BCUT2D eigenvalue weighted by atomic mass is 9.96. The highest BCUT2D eigenvalue weighted by atomic mass is 15.2. The number of fused-ring (bicyclic) bond motifs is 1. The maximum absolute atomic E-state index is 6.11. The van der Waals surface area contributed by atoms with Crippen LogP contribution in [0.5, 0.6) is 0 Å². The van der Waals surface area contributed by atoms with Gasteiger partial charge in [-0.3, -0.25) is 4.90 Å². The number of benzene rings is 1. The largest absolute Gasteiger partial charge is 0.398 e. The van der Waals surface area contributed by atoms with Gasteiger partial charge in [0.1, 0.15) is 5.65 Å². The molecule has 2 N–H and O–H groups in total. The maximum atomic E-state index is 6.11. The number of hydrogen-bond donors (Lipinski definition) is 1. The van der Waals surface area contributed by atoms with Crippen LogP contribution in [0, 0.1) is 13.8 Å². The molecule has 4 nitrogen and oxygen atoms in total. The molecule has 2 unspecified atom stereocenters. The number of aryl methyl sites for hydroxylation is 2. The Labute approximate surface area is 162 Å². The van der Waals surface area contributed by atoms with Gasteiger partial charge in [-0.15, -0.1) is 0 Å². The van der Waals surface area contributed by atoms with E-state index in [1.54, 1.807) is 0 Å². The van der Waals surface area contributed by atoms with E-state index >= 15 is 0 Å². The average molecular weight is 363 g/mol. The van der Waals surface area contributed by atoms with Crippen molar-refractivity contribution in [3.63, 3.8) is 0 Å². The Morgan fingerprint density at radius 1 is 1.04 bits per heavy atom. The Morgan fingerprint density at radius 3 is 2.48 bits per heavy atom. The van der Waals surface area contributed by atoms with Gasteiger partial charge >= 0.3 is 0 Å². The van der Waals surface area contributed by atoms with Gasteiger partial charge in [0.15, 0.2) is 0 Å². The molecule has 4 heteroatoms. The van der Waals surface area contributed by atoms with E-state index in [1.807, 2.05) is 18.3 Å². The first-order valence-corrected chi connectivity index (χ1v) is 10.0. The van der Waals surface area contributed by atoms with Crippen molar-refractivity contribution in [1.82, 2.24) is 14.3 Å². The van der Waals surface area contributed by atoms with Crippen LogP contribution in [-0.4, -0.2) is 26.4 Å². The molecule has 0 aliphatic carbocycles. The third kappa shape index (κ3) is 3.34. The minimum atomic E-state index is 0.591. The lowest BCUT2D eigenvalue weighted by molar-refractivity contribution is 0.0937. The summed E-state index contributed by atoms with van der Waals surface area (Å²) >= 11 is 0. The summed E-state index contributed by atoms with van der Waals surface area (Å²) < 4.78 is 2.19. The van der Waals surface area contributed by atoms with Crippen molar-refractivity contribution in [2.24, 2.45) is 0 Å². The first-order valence-electron chi connectivity index (χ1n) is 10.0. The molecule has 0 saturated carbocycles. The smallest absolute Gasteiger partial charge is 0.137 e. The summed E-state index contributed by atoms with van der Waals surface area (Å²) in [4.78, 5) is 7.62. The molecule has 0 radical (unpaired) electrons. The number of nitrogens with zero attached hydrogens (tertiary/aromatic N) is 3. The van der Waals surface area contributed by atoms with Crippen molar-refractivity contribution in [2.75, 3.05) is 5.73 Å². The van der Waals surface area contributed by atoms with Gasteiger partial charge in [0.25, 0.3) is 0 Å². The molecule has 1 aliphatic heterocycles. The van der Waals surface area contributed by atoms with Crippen molar-refractivity contribution in [3.05, 3.63) is 53.3 Å². The molecule has 2 atom stereocenters. The van der Waals surface area contributed by atoms with Crippen LogP contribution in [-0.2, 0) is 6.54 Å². The molecule has 142 valence electrons. The SMILES string of the molecule is Cc1ccc(-c2nc3ccc(N)cn3c2CN2C(C)CCCC2C)cc1C. The van der Waals surface area contributed by atoms with E-state index in [4.69, 9.17) is 10.7 Å². The third-order valence-corrected chi connectivity index (χ3v) is 6.23. The number of anilines is 1. The zero-order valence-electron chi connectivity index (χ0n) is 16.9. The molecule has 1 aromatic carbocycles. The fourth-order valence-electron chi connectivity index (χ4n) is 4.34. The maximum Gasteiger partial charge on any atom is 0.137 e. The second-order valence-corrected chi connectivity index (χ2v) is 8.20. The highest BCUT2D eigenvalue weighted by molar-refractivity contribution is 5.68. The Bertz CT molecular complexity index is 962. The summed E-state index contributed by atoms with van der Waals surface area (Å²) in [7, 11) is 0. The number of pyridine rings is 1. The molecule has 27 heavy (non-hydrogen) atoms. The summed E-state index contributed by atoms with van der Waals surface area (Å²) in [6, 6.07) is 11.8. The van der Waals surface area contributed by atoms with E-state index in [0.717, 1.165) is 23.6 Å². The molecule has 3 heterocycles. The molecule has 0 amide bonds. The standard InChI is InChI=1S/C23H30N4/c1-15-8-9-19(12-16(15)2)23-21(14-26-17(3)6-5-7-18(26)4)27-13-20(24)10-11-22(27)25-23/h8-13,17-18H,5-7,14,24H2,1-4H3. The number of imidazole rings is 1. The second kappa shape index (κ2) is 7.01. The number of nitrogen functional groups attached to an aromatic ring is 1. The second-order valence-electron chi connectivity index (χ2n) is 8.20. The summed E-state index contributed by atoms with van der Waals surface area (Å²) in [5.41, 5.74) is 14.0. The number of piperidine rings is 1. The van der Waals surface area contributed by atoms with Gasteiger partial charge in [-0.05, 0) is 69.9 Å². The van der Waals surface area contributed by atoms with Crippen LogP contribution in [0.4, 0.5) is 5.69 Å². The fourth-order valence-corrected chi connectivity index (χ4v) is 4.34. The van der Waals surface area contributed by atoms with Gasteiger partial charge in [-0.1, -0.05) is 18.6 Å². The topological polar surface area (TPSA) is 46.6 Å². The first-order chi connectivity index (χ1) is 12.9. The van der Waals surface area contributed by atoms with Gasteiger partial charge in [0.2, 0.25) is 0 Å². The highest BCUT2D eigenvalue weighted by Gasteiger charge is 2.27. The van der Waals surface area contributed by atoms with E-state index in [0.29, 0.717) is 12.1 Å². The molecule has 1 saturated heterocycles. The minimum absolute atomic E-state index is 0.591. The van der Waals surface area contributed by atoms with Crippen LogP contribution < -0.4 is 5.73 Å². The molecule has 4 rings (SSSR count). The fraction of sp³-hybridized carbons (Fsp3) is 0.435. The van der Waals surface area contributed by atoms with Gasteiger partial charge in [0.05, 0.1) is 11.4 Å². The molecule has 1 fully saturated rings. The summed E-state index contributed by atoms with van der Waals surface area (Å²) in [6.07, 6.45) is 5.87. The predicted molar refractivity (Wildman–Crippen MR) is 113 cm³/mol. The molecular formula is C23H30N4. The molecule has 2 aromatic heterocycles. The van der Waals surface area contributed by atoms with Crippen molar-refractivity contribution in [3.8, 4) is 11.3 Å². The lowest BCUT2D eigenvalue weighted by Gasteiger charge is -2.39. The number of likely N-dealkylation sites (tertiary alicyclic amines) is 1. The summed E-state index contributed by atoms with van der Waals surface area (Å²) in [5, 5.41) is 0. The monoisotopic (exact) mass is 362 g/mol. The van der Waals surface area contributed by atoms with Crippen LogP contribution in [0.2, 0.25) is 0 Å². The van der Waals surface area contributed by atoms with Crippen LogP contribution in [0.25, 0.3) is 16.9 Å². The van der Waals surface area contributed by atoms with E-state index in [2.05, 4.69) is 55.2 Å². The van der Waals surface area contributed by atoms with Crippen molar-refractivity contribution >= 4 is 11.3 Å². The highest BCUT2D eigenvalue weighted by Crippen LogP contribution is 2.31. The molecule has 3 aromatic rings. The van der Waals surface area contributed by atoms with Gasteiger partial charge in [-0.2, -0.15) is 0 Å². The van der Waals surface area contributed by atoms with E-state index in [-0.39, 0.29) is 0 Å². The predicted octanol–water partition coefficient (Wildman–Crippen LogP) is 4.96. The zero-order chi connectivity index (χ0) is 19.1. The summed E-state index contributed by atoms with van der Waals surface area (Å²) in [5.74, 6) is 0. The Balaban J connectivity index is 1.85. The van der Waals surface area contributed by atoms with Crippen LogP contribution in [0.15, 0.2) is 36.5 Å². The van der Waals surface area contributed by atoms with Crippen molar-refractivity contribution < 1.29 is 0 Å². The normalized spacial score (nSPS) is 21.0. The third-order valence-electron chi connectivity index (χ3n) is 6.23. The minimum Gasteiger partial charge on any atom is -0.398 e. The quantitative estimate of drug-likeness (QED) is 0.716. The number of aromatic nitrogens is 2. The molecule has 1 aliphatic rings. The Hall–Kier alpha value is -2.33. The van der Waals surface area contributed by atoms with Crippen molar-refractivity contribution in [2.45, 2.75) is 65.6 Å². The van der Waals surface area contributed by atoms with E-state index < -0.39 is 0 Å². The van der Waals surface area contributed by atoms with Crippen molar-refractivity contribution in [1.29, 1.82) is 0 Å². The Kier molecular flexibility index (Phi) is 4.68. The van der Waals surface area contributed by atoms with Gasteiger partial charge in [0, 0.05) is 36.1 Å². The summed E-state index contributed by atoms with van der Waals surface area (Å²) in [6.45, 7) is 9.92. The molecule has 0 bridgehead atoms. The zero-order valence-corrected chi connectivity index (χ0v) is 16.9. The number of hydrogen-bond acceptors (Lipinski definition) is 3. The Morgan fingerprint density at radius 2 is 1.78 bits per heavy atom. The molecular weight excluding hydrogens is 332 g/mol. The van der Waals surface area contributed by atoms with E-state index in [1.165, 1.54) is 41.6 Å². The number of nitrogens with two attached hydrogens (primary N) is 1. The first kappa shape index (κ1) is 18.1. The lowest BCUT2D eigenvalue weighted by Crippen LogP contribution is -2.43. The van der Waals surface area contributed by atoms with Gasteiger partial charge in [-0.25, -0.2) is 4.98 Å². The van der Waals surface area contributed by atoms with Crippen LogP contribution >= 0.6 is 0 Å². The molecule has 0 spiro atoms. The number of rotatable bonds is 3. The van der Waals surface area contributed by atoms with Crippen LogP contribution in [0.3, 0.4) is 0 Å². The van der Waals surface area contributed by atoms with Gasteiger partial charge < -0.3 is 10.1 Å².